The van der Waals surface area contributed by atoms with Crippen molar-refractivity contribution in [3.63, 3.8) is 0 Å². The molecular weight excluding hydrogens is 182 g/mol. The van der Waals surface area contributed by atoms with Gasteiger partial charge in [-0.1, -0.05) is 0 Å². The molecule has 0 saturated heterocycles. The summed E-state index contributed by atoms with van der Waals surface area (Å²) in [5.74, 6) is 0.914. The van der Waals surface area contributed by atoms with Gasteiger partial charge in [0.15, 0.2) is 0 Å². The molecule has 2 N–H and O–H groups in total. The summed E-state index contributed by atoms with van der Waals surface area (Å²) >= 11 is 1.62. The lowest BCUT2D eigenvalue weighted by atomic mass is 10.1. The van der Waals surface area contributed by atoms with Gasteiger partial charge >= 0.3 is 0 Å². The minimum Gasteiger partial charge on any atom is -0.495 e. The van der Waals surface area contributed by atoms with E-state index in [2.05, 4.69) is 6.07 Å². The van der Waals surface area contributed by atoms with Crippen LogP contribution in [0.2, 0.25) is 0 Å². The van der Waals surface area contributed by atoms with Crippen LogP contribution in [0.25, 0.3) is 10.1 Å². The van der Waals surface area contributed by atoms with Crippen molar-refractivity contribution in [2.75, 3.05) is 12.8 Å². The summed E-state index contributed by atoms with van der Waals surface area (Å²) in [4.78, 5) is 0. The van der Waals surface area contributed by atoms with E-state index in [0.717, 1.165) is 21.5 Å². The summed E-state index contributed by atoms with van der Waals surface area (Å²) in [6.07, 6.45) is 0. The van der Waals surface area contributed by atoms with E-state index in [-0.39, 0.29) is 0 Å². The maximum absolute atomic E-state index is 5.82. The molecule has 68 valence electrons. The number of benzene rings is 1. The van der Waals surface area contributed by atoms with Crippen molar-refractivity contribution >= 4 is 27.1 Å². The number of nitrogen functional groups attached to an aromatic ring is 1. The molecule has 1 heterocycles. The summed E-state index contributed by atoms with van der Waals surface area (Å²) in [7, 11) is 1.68. The Hall–Kier alpha value is -1.22. The third-order valence-corrected chi connectivity index (χ3v) is 3.06. The van der Waals surface area contributed by atoms with E-state index >= 15 is 0 Å². The van der Waals surface area contributed by atoms with Crippen molar-refractivity contribution in [3.05, 3.63) is 23.1 Å². The minimum atomic E-state index is 0.835. The second-order valence-corrected chi connectivity index (χ2v) is 3.91. The number of fused-ring (bicyclic) bond motifs is 1. The molecule has 0 unspecified atom stereocenters. The maximum Gasteiger partial charge on any atom is 0.136 e. The molecule has 0 amide bonds. The van der Waals surface area contributed by atoms with Gasteiger partial charge in [0, 0.05) is 10.8 Å². The second kappa shape index (κ2) is 2.92. The van der Waals surface area contributed by atoms with Crippen LogP contribution in [-0.2, 0) is 0 Å². The highest BCUT2D eigenvalue weighted by atomic mass is 32.1. The molecule has 0 aliphatic carbocycles. The third kappa shape index (κ3) is 1.25. The highest BCUT2D eigenvalue weighted by Gasteiger charge is 2.06. The third-order valence-electron chi connectivity index (χ3n) is 2.03. The fourth-order valence-corrected chi connectivity index (χ4v) is 2.35. The van der Waals surface area contributed by atoms with Gasteiger partial charge < -0.3 is 10.5 Å². The van der Waals surface area contributed by atoms with Crippen LogP contribution < -0.4 is 10.5 Å². The Morgan fingerprint density at radius 1 is 1.38 bits per heavy atom. The van der Waals surface area contributed by atoms with Crippen molar-refractivity contribution in [3.8, 4) is 5.75 Å². The maximum atomic E-state index is 5.82. The van der Waals surface area contributed by atoms with Gasteiger partial charge in [0.05, 0.1) is 17.5 Å². The average molecular weight is 193 g/mol. The lowest BCUT2D eigenvalue weighted by molar-refractivity contribution is 0.420. The molecule has 2 rings (SSSR count). The predicted molar refractivity (Wildman–Crippen MR) is 57.5 cm³/mol. The number of thiophene rings is 1. The first kappa shape index (κ1) is 8.38. The van der Waals surface area contributed by atoms with Gasteiger partial charge in [0.25, 0.3) is 0 Å². The molecule has 1 aromatic heterocycles. The molecule has 0 spiro atoms. The number of aryl methyl sites for hydroxylation is 1. The number of hydrogen-bond donors (Lipinski definition) is 1. The van der Waals surface area contributed by atoms with Gasteiger partial charge in [-0.05, 0) is 24.6 Å². The van der Waals surface area contributed by atoms with Crippen LogP contribution in [0.3, 0.4) is 0 Å². The molecule has 3 heteroatoms. The summed E-state index contributed by atoms with van der Waals surface area (Å²) in [5, 5.41) is 3.05. The van der Waals surface area contributed by atoms with Crippen LogP contribution in [0.5, 0.6) is 5.75 Å². The highest BCUT2D eigenvalue weighted by molar-refractivity contribution is 7.18. The van der Waals surface area contributed by atoms with Crippen molar-refractivity contribution in [2.24, 2.45) is 0 Å². The van der Waals surface area contributed by atoms with E-state index in [0.29, 0.717) is 0 Å². The molecule has 13 heavy (non-hydrogen) atoms. The van der Waals surface area contributed by atoms with Crippen LogP contribution in [-0.4, -0.2) is 7.11 Å². The van der Waals surface area contributed by atoms with Gasteiger partial charge in [-0.2, -0.15) is 0 Å². The van der Waals surface area contributed by atoms with E-state index in [9.17, 15) is 0 Å². The molecule has 0 radical (unpaired) electrons. The number of nitrogens with two attached hydrogens (primary N) is 1. The standard InChI is InChI=1S/C10H11NOS/c1-6-3-7-8(11)5-13-10(7)9(4-6)12-2/h3-5H,11H2,1-2H3. The Kier molecular flexibility index (Phi) is 1.88. The number of methoxy groups -OCH3 is 1. The van der Waals surface area contributed by atoms with E-state index in [1.165, 1.54) is 5.56 Å². The Balaban J connectivity index is 2.84. The molecule has 1 aromatic carbocycles. The average Bonchev–Trinajstić information content (AvgIpc) is 2.47. The number of anilines is 1. The molecule has 2 aromatic rings. The number of rotatable bonds is 1. The fraction of sp³-hybridized carbons (Fsp3) is 0.200. The van der Waals surface area contributed by atoms with Gasteiger partial charge in [0.1, 0.15) is 5.75 Å². The van der Waals surface area contributed by atoms with E-state index in [1.807, 2.05) is 18.4 Å². The van der Waals surface area contributed by atoms with Gasteiger partial charge in [-0.3, -0.25) is 0 Å². The lowest BCUT2D eigenvalue weighted by Gasteiger charge is -2.03. The number of hydrogen-bond acceptors (Lipinski definition) is 3. The molecule has 0 saturated carbocycles. The van der Waals surface area contributed by atoms with Crippen molar-refractivity contribution in [2.45, 2.75) is 6.92 Å². The van der Waals surface area contributed by atoms with Crippen molar-refractivity contribution in [1.29, 1.82) is 0 Å². The van der Waals surface area contributed by atoms with Crippen molar-refractivity contribution in [1.82, 2.24) is 0 Å². The van der Waals surface area contributed by atoms with Crippen LogP contribution >= 0.6 is 11.3 Å². The van der Waals surface area contributed by atoms with Crippen molar-refractivity contribution < 1.29 is 4.74 Å². The normalized spacial score (nSPS) is 10.6. The highest BCUT2D eigenvalue weighted by Crippen LogP contribution is 2.36. The van der Waals surface area contributed by atoms with Gasteiger partial charge in [-0.25, -0.2) is 0 Å². The first-order valence-corrected chi connectivity index (χ1v) is 4.91. The quantitative estimate of drug-likeness (QED) is 0.755. The Morgan fingerprint density at radius 2 is 2.15 bits per heavy atom. The Bertz CT molecular complexity index is 447. The molecule has 2 nitrogen and oxygen atoms in total. The smallest absolute Gasteiger partial charge is 0.136 e. The summed E-state index contributed by atoms with van der Waals surface area (Å²) in [5.41, 5.74) is 7.83. The zero-order chi connectivity index (χ0) is 9.42. The van der Waals surface area contributed by atoms with Gasteiger partial charge in [-0.15, -0.1) is 11.3 Å². The first-order valence-electron chi connectivity index (χ1n) is 4.03. The predicted octanol–water partition coefficient (Wildman–Crippen LogP) is 2.80. The van der Waals surface area contributed by atoms with Crippen LogP contribution in [0, 0.1) is 6.92 Å². The SMILES string of the molecule is COc1cc(C)cc2c(N)csc12. The van der Waals surface area contributed by atoms with E-state index < -0.39 is 0 Å². The summed E-state index contributed by atoms with van der Waals surface area (Å²) < 4.78 is 6.41. The largest absolute Gasteiger partial charge is 0.495 e. The molecule has 0 atom stereocenters. The number of ether oxygens (including phenoxy) is 1. The zero-order valence-corrected chi connectivity index (χ0v) is 8.44. The molecule has 0 fully saturated rings. The minimum absolute atomic E-state index is 0.835. The monoisotopic (exact) mass is 193 g/mol. The van der Waals surface area contributed by atoms with Gasteiger partial charge in [0.2, 0.25) is 0 Å². The summed E-state index contributed by atoms with van der Waals surface area (Å²) in [6, 6.07) is 4.11. The molecule has 0 bridgehead atoms. The van der Waals surface area contributed by atoms with Crippen LogP contribution in [0.15, 0.2) is 17.5 Å². The molecule has 0 aliphatic heterocycles. The first-order chi connectivity index (χ1) is 6.22. The van der Waals surface area contributed by atoms with Crippen LogP contribution in [0.4, 0.5) is 5.69 Å². The Morgan fingerprint density at radius 3 is 2.85 bits per heavy atom. The molecular formula is C10H11NOS. The second-order valence-electron chi connectivity index (χ2n) is 3.03. The Labute approximate surface area is 80.9 Å². The van der Waals surface area contributed by atoms with E-state index in [4.69, 9.17) is 10.5 Å². The van der Waals surface area contributed by atoms with Crippen LogP contribution in [0.1, 0.15) is 5.56 Å². The fourth-order valence-electron chi connectivity index (χ4n) is 1.41. The van der Waals surface area contributed by atoms with E-state index in [1.54, 1.807) is 18.4 Å². The topological polar surface area (TPSA) is 35.2 Å². The lowest BCUT2D eigenvalue weighted by Crippen LogP contribution is -1.86. The summed E-state index contributed by atoms with van der Waals surface area (Å²) in [6.45, 7) is 2.04. The zero-order valence-electron chi connectivity index (χ0n) is 7.63. The molecule has 0 aliphatic rings.